The molecular formula is C24H24ClFN2O7S. The van der Waals surface area contributed by atoms with Crippen LogP contribution in [-0.4, -0.2) is 49.3 Å². The summed E-state index contributed by atoms with van der Waals surface area (Å²) in [6, 6.07) is 10.3. The molecule has 3 rings (SSSR count). The number of carbonyl (C=O) groups excluding carboxylic acids is 1. The van der Waals surface area contributed by atoms with Gasteiger partial charge < -0.3 is 14.8 Å². The first-order valence-corrected chi connectivity index (χ1v) is 13.0. The van der Waals surface area contributed by atoms with Crippen LogP contribution in [0.2, 0.25) is 5.02 Å². The number of hydrogen-bond donors (Lipinski definition) is 2. The second kappa shape index (κ2) is 11.6. The first-order valence-electron chi connectivity index (χ1n) is 10.8. The van der Waals surface area contributed by atoms with E-state index in [1.807, 2.05) is 0 Å². The van der Waals surface area contributed by atoms with Crippen LogP contribution in [0.15, 0.2) is 53.1 Å². The molecule has 0 aliphatic heterocycles. The molecule has 192 valence electrons. The zero-order valence-corrected chi connectivity index (χ0v) is 21.0. The highest BCUT2D eigenvalue weighted by atomic mass is 35.5. The maximum atomic E-state index is 14.2. The highest BCUT2D eigenvalue weighted by Crippen LogP contribution is 2.27. The van der Waals surface area contributed by atoms with E-state index in [-0.39, 0.29) is 18.7 Å². The number of aryl methyl sites for hydroxylation is 1. The average Bonchev–Trinajstić information content (AvgIpc) is 3.24. The fraction of sp³-hybridized carbons (Fsp3) is 0.292. The van der Waals surface area contributed by atoms with Crippen molar-refractivity contribution in [3.63, 3.8) is 0 Å². The van der Waals surface area contributed by atoms with Gasteiger partial charge in [-0.15, -0.1) is 0 Å². The van der Waals surface area contributed by atoms with Crippen LogP contribution >= 0.6 is 11.6 Å². The van der Waals surface area contributed by atoms with Crippen LogP contribution in [-0.2, 0) is 25.5 Å². The molecule has 2 atom stereocenters. The molecule has 2 N–H and O–H groups in total. The van der Waals surface area contributed by atoms with E-state index in [4.69, 9.17) is 16.0 Å². The van der Waals surface area contributed by atoms with Gasteiger partial charge in [0.1, 0.15) is 11.6 Å². The smallest absolute Gasteiger partial charge is 0.308 e. The summed E-state index contributed by atoms with van der Waals surface area (Å²) in [6.45, 7) is 1.03. The molecule has 0 aliphatic carbocycles. The number of aliphatic carboxylic acids is 1. The Morgan fingerprint density at radius 1 is 1.22 bits per heavy atom. The Hall–Kier alpha value is -3.28. The molecule has 0 saturated carbocycles. The molecule has 1 aromatic heterocycles. The molecular weight excluding hydrogens is 515 g/mol. The van der Waals surface area contributed by atoms with Crippen LogP contribution in [0.3, 0.4) is 0 Å². The number of benzene rings is 2. The Bertz CT molecular complexity index is 1340. The van der Waals surface area contributed by atoms with Gasteiger partial charge in [0.25, 0.3) is 16.0 Å². The largest absolute Gasteiger partial charge is 0.481 e. The average molecular weight is 539 g/mol. The molecule has 0 saturated heterocycles. The molecule has 0 aliphatic rings. The van der Waals surface area contributed by atoms with Crippen molar-refractivity contribution in [2.45, 2.75) is 25.8 Å². The van der Waals surface area contributed by atoms with Crippen molar-refractivity contribution in [3.8, 4) is 11.1 Å². The normalized spacial score (nSPS) is 13.2. The van der Waals surface area contributed by atoms with Gasteiger partial charge in [-0.25, -0.2) is 9.37 Å². The van der Waals surface area contributed by atoms with Gasteiger partial charge in [0.2, 0.25) is 0 Å². The van der Waals surface area contributed by atoms with Crippen molar-refractivity contribution >= 4 is 33.6 Å². The van der Waals surface area contributed by atoms with E-state index in [2.05, 4.69) is 14.5 Å². The number of amides is 1. The Morgan fingerprint density at radius 3 is 2.50 bits per heavy atom. The van der Waals surface area contributed by atoms with Gasteiger partial charge in [0, 0.05) is 16.6 Å². The highest BCUT2D eigenvalue weighted by molar-refractivity contribution is 7.85. The summed E-state index contributed by atoms with van der Waals surface area (Å²) in [5.41, 5.74) is 1.62. The third-order valence-electron chi connectivity index (χ3n) is 5.23. The standard InChI is InChI=1S/C24H24ClFN2O7S/c1-14-12-27-23(35-14)22(29)28-19(10-17(24(30)31)13-34-36(2,32)33)9-15-3-5-16(6-4-15)20-11-18(25)7-8-21(20)26/h3-8,11-12,17,19H,9-10,13H2,1-2H3,(H,28,29)(H,30,31)/t17-,19+/m0/s1. The number of oxazole rings is 1. The third kappa shape index (κ3) is 7.87. The number of aromatic nitrogens is 1. The summed E-state index contributed by atoms with van der Waals surface area (Å²) in [5, 5.41) is 12.7. The topological polar surface area (TPSA) is 136 Å². The Balaban J connectivity index is 1.82. The van der Waals surface area contributed by atoms with Gasteiger partial charge in [-0.3, -0.25) is 13.8 Å². The fourth-order valence-corrected chi connectivity index (χ4v) is 4.10. The van der Waals surface area contributed by atoms with Gasteiger partial charge in [-0.1, -0.05) is 35.9 Å². The summed E-state index contributed by atoms with van der Waals surface area (Å²) in [5.74, 6) is -3.37. The summed E-state index contributed by atoms with van der Waals surface area (Å²) in [6.07, 6.45) is 2.24. The van der Waals surface area contributed by atoms with Crippen molar-refractivity contribution in [1.29, 1.82) is 0 Å². The van der Waals surface area contributed by atoms with Crippen LogP contribution in [0.5, 0.6) is 0 Å². The van der Waals surface area contributed by atoms with E-state index in [0.29, 0.717) is 27.5 Å². The molecule has 9 nitrogen and oxygen atoms in total. The lowest BCUT2D eigenvalue weighted by atomic mass is 9.94. The van der Waals surface area contributed by atoms with Crippen molar-refractivity contribution in [2.24, 2.45) is 5.92 Å². The van der Waals surface area contributed by atoms with Crippen molar-refractivity contribution in [2.75, 3.05) is 12.9 Å². The van der Waals surface area contributed by atoms with E-state index in [1.54, 1.807) is 31.2 Å². The number of hydrogen-bond acceptors (Lipinski definition) is 7. The lowest BCUT2D eigenvalue weighted by Crippen LogP contribution is -2.40. The molecule has 1 amide bonds. The number of nitrogens with zero attached hydrogens (tertiary/aromatic N) is 1. The molecule has 2 aromatic carbocycles. The van der Waals surface area contributed by atoms with Gasteiger partial charge >= 0.3 is 11.9 Å². The lowest BCUT2D eigenvalue weighted by molar-refractivity contribution is -0.143. The van der Waals surface area contributed by atoms with Gasteiger partial charge in [-0.05, 0) is 49.1 Å². The first kappa shape index (κ1) is 27.3. The maximum Gasteiger partial charge on any atom is 0.308 e. The number of nitrogens with one attached hydrogen (secondary N) is 1. The van der Waals surface area contributed by atoms with Gasteiger partial charge in [-0.2, -0.15) is 8.42 Å². The van der Waals surface area contributed by atoms with Gasteiger partial charge in [0.05, 0.1) is 25.0 Å². The molecule has 0 fully saturated rings. The molecule has 3 aromatic rings. The molecule has 0 unspecified atom stereocenters. The third-order valence-corrected chi connectivity index (χ3v) is 6.03. The van der Waals surface area contributed by atoms with Crippen molar-refractivity contribution < 1.29 is 36.1 Å². The van der Waals surface area contributed by atoms with Crippen molar-refractivity contribution in [3.05, 3.63) is 76.7 Å². The first-order chi connectivity index (χ1) is 16.9. The van der Waals surface area contributed by atoms with Crippen LogP contribution in [0.1, 0.15) is 28.4 Å². The minimum Gasteiger partial charge on any atom is -0.481 e. The predicted molar refractivity (Wildman–Crippen MR) is 130 cm³/mol. The van der Waals surface area contributed by atoms with E-state index < -0.39 is 46.4 Å². The minimum absolute atomic E-state index is 0.138. The molecule has 0 spiro atoms. The summed E-state index contributed by atoms with van der Waals surface area (Å²) >= 11 is 5.98. The fourth-order valence-electron chi connectivity index (χ4n) is 3.51. The number of halogens is 2. The highest BCUT2D eigenvalue weighted by Gasteiger charge is 2.27. The SMILES string of the molecule is Cc1cnc(C(=O)N[C@H](Cc2ccc(-c3cc(Cl)ccc3F)cc2)C[C@@H](COS(C)(=O)=O)C(=O)O)o1. The minimum atomic E-state index is -3.86. The van der Waals surface area contributed by atoms with Crippen LogP contribution in [0, 0.1) is 18.7 Å². The zero-order valence-electron chi connectivity index (χ0n) is 19.4. The number of carboxylic acid groups (broad SMARTS) is 1. The Kier molecular flexibility index (Phi) is 8.83. The predicted octanol–water partition coefficient (Wildman–Crippen LogP) is 3.85. The quantitative estimate of drug-likeness (QED) is 0.351. The van der Waals surface area contributed by atoms with Crippen molar-refractivity contribution in [1.82, 2.24) is 10.3 Å². The number of carbonyl (C=O) groups is 2. The molecule has 36 heavy (non-hydrogen) atoms. The summed E-state index contributed by atoms with van der Waals surface area (Å²) in [7, 11) is -3.86. The van der Waals surface area contributed by atoms with Crippen LogP contribution in [0.4, 0.5) is 4.39 Å². The molecule has 0 radical (unpaired) electrons. The van der Waals surface area contributed by atoms with E-state index in [0.717, 1.165) is 6.26 Å². The second-order valence-corrected chi connectivity index (χ2v) is 10.3. The van der Waals surface area contributed by atoms with E-state index >= 15 is 0 Å². The van der Waals surface area contributed by atoms with E-state index in [1.165, 1.54) is 24.4 Å². The number of carboxylic acids is 1. The summed E-state index contributed by atoms with van der Waals surface area (Å²) in [4.78, 5) is 28.3. The van der Waals surface area contributed by atoms with Crippen LogP contribution < -0.4 is 5.32 Å². The molecule has 0 bridgehead atoms. The Morgan fingerprint density at radius 2 is 1.92 bits per heavy atom. The molecule has 12 heteroatoms. The molecule has 1 heterocycles. The van der Waals surface area contributed by atoms with E-state index in [9.17, 15) is 27.5 Å². The monoisotopic (exact) mass is 538 g/mol. The maximum absolute atomic E-state index is 14.2. The van der Waals surface area contributed by atoms with Gasteiger partial charge in [0.15, 0.2) is 0 Å². The number of rotatable bonds is 11. The van der Waals surface area contributed by atoms with Crippen LogP contribution in [0.25, 0.3) is 11.1 Å². The summed E-state index contributed by atoms with van der Waals surface area (Å²) < 4.78 is 46.8. The lowest BCUT2D eigenvalue weighted by Gasteiger charge is -2.22. The Labute approximate surface area is 212 Å². The zero-order chi connectivity index (χ0) is 26.5. The second-order valence-electron chi connectivity index (χ2n) is 8.23.